The molecule has 86 valence electrons. The number of carbonyl (C=O) groups is 1. The molecule has 0 saturated carbocycles. The number of nitrogens with one attached hydrogen (secondary N) is 1. The van der Waals surface area contributed by atoms with E-state index >= 15 is 0 Å². The van der Waals surface area contributed by atoms with Gasteiger partial charge in [-0.1, -0.05) is 18.2 Å². The van der Waals surface area contributed by atoms with Gasteiger partial charge in [-0.2, -0.15) is 0 Å². The molecule has 16 heavy (non-hydrogen) atoms. The molecule has 1 atom stereocenters. The molecule has 1 amide bonds. The number of para-hydroxylation sites is 1. The molecule has 0 aromatic heterocycles. The third-order valence-electron chi connectivity index (χ3n) is 2.59. The average Bonchev–Trinajstić information content (AvgIpc) is 2.76. The van der Waals surface area contributed by atoms with Gasteiger partial charge in [-0.3, -0.25) is 4.79 Å². The molecule has 1 heterocycles. The first-order valence-corrected chi connectivity index (χ1v) is 5.42. The molecule has 1 saturated heterocycles. The first-order valence-electron chi connectivity index (χ1n) is 5.42. The van der Waals surface area contributed by atoms with Crippen LogP contribution in [0.5, 0.6) is 0 Å². The Morgan fingerprint density at radius 2 is 2.25 bits per heavy atom. The van der Waals surface area contributed by atoms with E-state index in [0.29, 0.717) is 13.3 Å². The highest BCUT2D eigenvalue weighted by molar-refractivity contribution is 5.72. The smallest absolute Gasteiger partial charge is 0.216 e. The summed E-state index contributed by atoms with van der Waals surface area (Å²) in [5.41, 5.74) is 1.16. The minimum absolute atomic E-state index is 0.0123. The molecule has 0 bridgehead atoms. The molecule has 1 aromatic carbocycles. The van der Waals surface area contributed by atoms with E-state index < -0.39 is 0 Å². The fraction of sp³-hybridized carbons (Fsp3) is 0.417. The molecule has 1 aliphatic heterocycles. The Kier molecular flexibility index (Phi) is 3.41. The summed E-state index contributed by atoms with van der Waals surface area (Å²) < 4.78 is 5.58. The molecular formula is C12H16N2O2. The molecule has 0 aliphatic carbocycles. The fourth-order valence-corrected chi connectivity index (χ4v) is 1.75. The van der Waals surface area contributed by atoms with Gasteiger partial charge in [0.05, 0.1) is 6.10 Å². The fourth-order valence-electron chi connectivity index (χ4n) is 1.75. The molecule has 1 unspecified atom stereocenters. The Balaban J connectivity index is 1.86. The second-order valence-electron chi connectivity index (χ2n) is 3.91. The maximum absolute atomic E-state index is 10.8. The van der Waals surface area contributed by atoms with E-state index in [2.05, 4.69) is 22.3 Å². The van der Waals surface area contributed by atoms with Crippen molar-refractivity contribution in [3.8, 4) is 0 Å². The number of amides is 1. The van der Waals surface area contributed by atoms with Crippen LogP contribution in [0.1, 0.15) is 6.92 Å². The molecule has 2 rings (SSSR count). The summed E-state index contributed by atoms with van der Waals surface area (Å²) in [6, 6.07) is 10.1. The van der Waals surface area contributed by atoms with Crippen LogP contribution in [0.25, 0.3) is 0 Å². The number of ether oxygens (including phenoxy) is 1. The van der Waals surface area contributed by atoms with E-state index in [4.69, 9.17) is 4.74 Å². The highest BCUT2D eigenvalue weighted by atomic mass is 16.5. The SMILES string of the molecule is CC(=O)NCC1CN(c2ccccc2)CO1. The van der Waals surface area contributed by atoms with E-state index in [1.54, 1.807) is 0 Å². The van der Waals surface area contributed by atoms with Crippen molar-refractivity contribution in [2.75, 3.05) is 24.7 Å². The molecule has 4 nitrogen and oxygen atoms in total. The number of anilines is 1. The quantitative estimate of drug-likeness (QED) is 0.825. The third kappa shape index (κ3) is 2.73. The van der Waals surface area contributed by atoms with Crippen LogP contribution in [0, 0.1) is 0 Å². The predicted octanol–water partition coefficient (Wildman–Crippen LogP) is 0.985. The summed E-state index contributed by atoms with van der Waals surface area (Å²) in [6.45, 7) is 3.52. The zero-order valence-electron chi connectivity index (χ0n) is 9.35. The van der Waals surface area contributed by atoms with Gasteiger partial charge in [0, 0.05) is 25.7 Å². The lowest BCUT2D eigenvalue weighted by Crippen LogP contribution is -2.33. The second kappa shape index (κ2) is 4.99. The Morgan fingerprint density at radius 1 is 1.50 bits per heavy atom. The third-order valence-corrected chi connectivity index (χ3v) is 2.59. The van der Waals surface area contributed by atoms with E-state index in [9.17, 15) is 4.79 Å². The minimum Gasteiger partial charge on any atom is -0.354 e. The lowest BCUT2D eigenvalue weighted by Gasteiger charge is -2.15. The first-order chi connectivity index (χ1) is 7.75. The number of rotatable bonds is 3. The number of nitrogens with zero attached hydrogens (tertiary/aromatic N) is 1. The molecule has 0 radical (unpaired) electrons. The van der Waals surface area contributed by atoms with Gasteiger partial charge in [0.1, 0.15) is 6.73 Å². The molecular weight excluding hydrogens is 204 g/mol. The summed E-state index contributed by atoms with van der Waals surface area (Å²) in [7, 11) is 0. The van der Waals surface area contributed by atoms with Crippen molar-refractivity contribution in [1.82, 2.24) is 5.32 Å². The maximum Gasteiger partial charge on any atom is 0.216 e. The second-order valence-corrected chi connectivity index (χ2v) is 3.91. The minimum atomic E-state index is -0.0123. The van der Waals surface area contributed by atoms with E-state index in [0.717, 1.165) is 12.2 Å². The number of hydrogen-bond donors (Lipinski definition) is 1. The van der Waals surface area contributed by atoms with Crippen LogP contribution in [-0.4, -0.2) is 31.8 Å². The van der Waals surface area contributed by atoms with Gasteiger partial charge in [0.2, 0.25) is 5.91 Å². The van der Waals surface area contributed by atoms with Gasteiger partial charge in [-0.15, -0.1) is 0 Å². The van der Waals surface area contributed by atoms with Crippen molar-refractivity contribution in [2.24, 2.45) is 0 Å². The zero-order chi connectivity index (χ0) is 11.4. The molecule has 1 N–H and O–H groups in total. The predicted molar refractivity (Wildman–Crippen MR) is 62.2 cm³/mol. The van der Waals surface area contributed by atoms with Gasteiger partial charge in [0.25, 0.3) is 0 Å². The van der Waals surface area contributed by atoms with E-state index in [1.807, 2.05) is 18.2 Å². The largest absolute Gasteiger partial charge is 0.354 e. The number of hydrogen-bond acceptors (Lipinski definition) is 3. The van der Waals surface area contributed by atoms with Crippen molar-refractivity contribution in [1.29, 1.82) is 0 Å². The lowest BCUT2D eigenvalue weighted by molar-refractivity contribution is -0.119. The zero-order valence-corrected chi connectivity index (χ0v) is 9.35. The van der Waals surface area contributed by atoms with Crippen LogP contribution >= 0.6 is 0 Å². The number of carbonyl (C=O) groups excluding carboxylic acids is 1. The lowest BCUT2D eigenvalue weighted by atomic mass is 10.3. The molecule has 1 fully saturated rings. The van der Waals surface area contributed by atoms with Crippen molar-refractivity contribution in [3.63, 3.8) is 0 Å². The van der Waals surface area contributed by atoms with Gasteiger partial charge in [0.15, 0.2) is 0 Å². The summed E-state index contributed by atoms with van der Waals surface area (Å²) in [4.78, 5) is 12.9. The molecule has 4 heteroatoms. The van der Waals surface area contributed by atoms with Crippen LogP contribution in [0.4, 0.5) is 5.69 Å². The molecule has 0 spiro atoms. The molecule has 1 aliphatic rings. The van der Waals surface area contributed by atoms with Crippen LogP contribution in [0.2, 0.25) is 0 Å². The van der Waals surface area contributed by atoms with Gasteiger partial charge in [-0.25, -0.2) is 0 Å². The highest BCUT2D eigenvalue weighted by Crippen LogP contribution is 2.18. The topological polar surface area (TPSA) is 41.6 Å². The average molecular weight is 220 g/mol. The Bertz CT molecular complexity index is 353. The van der Waals surface area contributed by atoms with Crippen molar-refractivity contribution >= 4 is 11.6 Å². The Labute approximate surface area is 95.2 Å². The summed E-state index contributed by atoms with van der Waals surface area (Å²) in [5, 5.41) is 2.77. The van der Waals surface area contributed by atoms with Crippen LogP contribution in [0.3, 0.4) is 0 Å². The first kappa shape index (κ1) is 11.0. The standard InChI is InChI=1S/C12H16N2O2/c1-10(15)13-7-12-8-14(9-16-12)11-5-3-2-4-6-11/h2-6,12H,7-9H2,1H3,(H,13,15). The van der Waals surface area contributed by atoms with Crippen LogP contribution in [0.15, 0.2) is 30.3 Å². The summed E-state index contributed by atoms with van der Waals surface area (Å²) in [5.74, 6) is -0.0123. The molecule has 1 aromatic rings. The van der Waals surface area contributed by atoms with E-state index in [-0.39, 0.29) is 12.0 Å². The Morgan fingerprint density at radius 3 is 2.94 bits per heavy atom. The van der Waals surface area contributed by atoms with Crippen LogP contribution in [-0.2, 0) is 9.53 Å². The van der Waals surface area contributed by atoms with Crippen LogP contribution < -0.4 is 10.2 Å². The van der Waals surface area contributed by atoms with Crippen molar-refractivity contribution in [3.05, 3.63) is 30.3 Å². The Hall–Kier alpha value is -1.55. The summed E-state index contributed by atoms with van der Waals surface area (Å²) in [6.07, 6.45) is 0.0871. The van der Waals surface area contributed by atoms with Crippen molar-refractivity contribution < 1.29 is 9.53 Å². The highest BCUT2D eigenvalue weighted by Gasteiger charge is 2.22. The summed E-state index contributed by atoms with van der Waals surface area (Å²) >= 11 is 0. The van der Waals surface area contributed by atoms with Gasteiger partial charge in [-0.05, 0) is 12.1 Å². The monoisotopic (exact) mass is 220 g/mol. The van der Waals surface area contributed by atoms with Gasteiger partial charge >= 0.3 is 0 Å². The van der Waals surface area contributed by atoms with Crippen molar-refractivity contribution in [2.45, 2.75) is 13.0 Å². The number of benzene rings is 1. The maximum atomic E-state index is 10.8. The normalized spacial score (nSPS) is 19.8. The van der Waals surface area contributed by atoms with E-state index in [1.165, 1.54) is 6.92 Å². The van der Waals surface area contributed by atoms with Gasteiger partial charge < -0.3 is 15.0 Å².